The average Bonchev–Trinajstić information content (AvgIpc) is 3.46. The minimum absolute atomic E-state index is 0.0209. The van der Waals surface area contributed by atoms with E-state index in [1.807, 2.05) is 37.3 Å². The van der Waals surface area contributed by atoms with Crippen molar-refractivity contribution < 1.29 is 14.3 Å². The second-order valence-corrected chi connectivity index (χ2v) is 11.2. The molecule has 0 spiro atoms. The average molecular weight is 548 g/mol. The zero-order chi connectivity index (χ0) is 25.7. The van der Waals surface area contributed by atoms with Crippen molar-refractivity contribution in [2.24, 2.45) is 0 Å². The second-order valence-electron chi connectivity index (χ2n) is 8.58. The first kappa shape index (κ1) is 23.7. The Balaban J connectivity index is 1.44. The third kappa shape index (κ3) is 4.19. The zero-order valence-electron chi connectivity index (χ0n) is 19.3. The van der Waals surface area contributed by atoms with Gasteiger partial charge in [-0.1, -0.05) is 76.7 Å². The minimum Gasteiger partial charge on any atom is -0.508 e. The highest BCUT2D eigenvalue weighted by Crippen LogP contribution is 2.44. The van der Waals surface area contributed by atoms with Gasteiger partial charge in [0.15, 0.2) is 9.77 Å². The van der Waals surface area contributed by atoms with E-state index in [0.717, 1.165) is 11.1 Å². The summed E-state index contributed by atoms with van der Waals surface area (Å²) in [5.41, 5.74) is 2.69. The molecule has 0 bridgehead atoms. The molecule has 1 amide bonds. The van der Waals surface area contributed by atoms with Gasteiger partial charge in [0.05, 0.1) is 17.0 Å². The number of fused-ring (bicyclic) bond motifs is 2. The van der Waals surface area contributed by atoms with Crippen molar-refractivity contribution in [3.8, 4) is 5.75 Å². The Labute approximate surface area is 224 Å². The van der Waals surface area contributed by atoms with Gasteiger partial charge in [-0.3, -0.25) is 14.5 Å². The summed E-state index contributed by atoms with van der Waals surface area (Å²) in [4.78, 5) is 28.8. The third-order valence-corrected chi connectivity index (χ3v) is 8.60. The van der Waals surface area contributed by atoms with Gasteiger partial charge in [-0.05, 0) is 48.4 Å². The van der Waals surface area contributed by atoms with E-state index in [9.17, 15) is 14.7 Å². The van der Waals surface area contributed by atoms with Crippen LogP contribution in [0.2, 0.25) is 5.02 Å². The first-order valence-electron chi connectivity index (χ1n) is 11.3. The van der Waals surface area contributed by atoms with Crippen LogP contribution >= 0.6 is 34.7 Å². The van der Waals surface area contributed by atoms with E-state index in [1.165, 1.54) is 40.1 Å². The Morgan fingerprint density at radius 2 is 1.92 bits per heavy atom. The van der Waals surface area contributed by atoms with E-state index < -0.39 is 11.9 Å². The number of hydrogen-bond donors (Lipinski definition) is 1. The number of nitrogens with zero attached hydrogens (tertiary/aromatic N) is 3. The van der Waals surface area contributed by atoms with E-state index >= 15 is 0 Å². The molecule has 0 saturated heterocycles. The summed E-state index contributed by atoms with van der Waals surface area (Å²) in [6.07, 6.45) is 0. The fourth-order valence-corrected chi connectivity index (χ4v) is 6.56. The molecule has 3 aromatic carbocycles. The number of aromatic hydroxyl groups is 1. The monoisotopic (exact) mass is 547 g/mol. The predicted molar refractivity (Wildman–Crippen MR) is 145 cm³/mol. The predicted octanol–water partition coefficient (Wildman–Crippen LogP) is 6.35. The highest BCUT2D eigenvalue weighted by atomic mass is 35.5. The third-order valence-electron chi connectivity index (χ3n) is 6.12. The molecule has 1 aliphatic heterocycles. The van der Waals surface area contributed by atoms with Crippen LogP contribution in [0.15, 0.2) is 80.3 Å². The van der Waals surface area contributed by atoms with E-state index in [1.54, 1.807) is 24.3 Å². The van der Waals surface area contributed by atoms with Crippen LogP contribution in [-0.4, -0.2) is 21.2 Å². The number of aromatic nitrogens is 2. The molecule has 0 fully saturated rings. The van der Waals surface area contributed by atoms with Crippen molar-refractivity contribution in [1.29, 1.82) is 0 Å². The summed E-state index contributed by atoms with van der Waals surface area (Å²) in [7, 11) is 0. The fourth-order valence-electron chi connectivity index (χ4n) is 4.41. The van der Waals surface area contributed by atoms with Gasteiger partial charge in [0.2, 0.25) is 10.9 Å². The lowest BCUT2D eigenvalue weighted by atomic mass is 9.98. The molecule has 3 heterocycles. The lowest BCUT2D eigenvalue weighted by molar-refractivity contribution is 0.0970. The summed E-state index contributed by atoms with van der Waals surface area (Å²) in [6.45, 7) is 1.89. The molecular weight excluding hydrogens is 530 g/mol. The molecular formula is C27H18ClN3O4S2. The van der Waals surface area contributed by atoms with Gasteiger partial charge in [0.1, 0.15) is 11.3 Å². The summed E-state index contributed by atoms with van der Waals surface area (Å²) in [5, 5.41) is 20.1. The number of aryl methyl sites for hydroxylation is 1. The van der Waals surface area contributed by atoms with E-state index in [2.05, 4.69) is 10.2 Å². The maximum absolute atomic E-state index is 13.7. The number of halogens is 1. The molecule has 1 atom stereocenters. The van der Waals surface area contributed by atoms with Gasteiger partial charge in [-0.2, -0.15) is 0 Å². The van der Waals surface area contributed by atoms with E-state index in [0.29, 0.717) is 36.8 Å². The first-order valence-corrected chi connectivity index (χ1v) is 13.5. The number of benzene rings is 3. The van der Waals surface area contributed by atoms with Crippen LogP contribution in [0, 0.1) is 6.92 Å². The molecule has 7 nitrogen and oxygen atoms in total. The maximum atomic E-state index is 13.7. The summed E-state index contributed by atoms with van der Waals surface area (Å²) in [5.74, 6) is 0.0907. The summed E-state index contributed by atoms with van der Waals surface area (Å²) < 4.78 is 6.64. The van der Waals surface area contributed by atoms with Gasteiger partial charge >= 0.3 is 0 Å². The highest BCUT2D eigenvalue weighted by Gasteiger charge is 2.45. The Bertz CT molecular complexity index is 1750. The molecule has 2 aromatic heterocycles. The molecule has 0 radical (unpaired) electrons. The number of thioether (sulfide) groups is 1. The molecule has 6 rings (SSSR count). The van der Waals surface area contributed by atoms with Crippen LogP contribution in [0.1, 0.15) is 38.9 Å². The number of phenols is 1. The van der Waals surface area contributed by atoms with Crippen LogP contribution in [0.3, 0.4) is 0 Å². The minimum atomic E-state index is -0.829. The molecule has 5 aromatic rings. The van der Waals surface area contributed by atoms with Gasteiger partial charge in [-0.15, -0.1) is 10.2 Å². The Kier molecular flexibility index (Phi) is 5.98. The van der Waals surface area contributed by atoms with Crippen molar-refractivity contribution in [2.45, 2.75) is 23.1 Å². The van der Waals surface area contributed by atoms with Crippen LogP contribution in [0.5, 0.6) is 5.75 Å². The largest absolute Gasteiger partial charge is 0.508 e. The quantitative estimate of drug-likeness (QED) is 0.202. The van der Waals surface area contributed by atoms with Gasteiger partial charge in [0, 0.05) is 10.8 Å². The van der Waals surface area contributed by atoms with Crippen LogP contribution in [0.4, 0.5) is 5.13 Å². The molecule has 0 aliphatic carbocycles. The van der Waals surface area contributed by atoms with Crippen molar-refractivity contribution >= 4 is 56.7 Å². The molecule has 1 aliphatic rings. The van der Waals surface area contributed by atoms with Gasteiger partial charge in [-0.25, -0.2) is 0 Å². The lowest BCUT2D eigenvalue weighted by Gasteiger charge is -2.22. The maximum Gasteiger partial charge on any atom is 0.297 e. The SMILES string of the molecule is Cc1ccc2oc3c(c(=O)c2c1)C(c1cccc(O)c1)N(c1nnc(SCc2ccccc2Cl)s1)C3=O. The zero-order valence-corrected chi connectivity index (χ0v) is 21.7. The van der Waals surface area contributed by atoms with Gasteiger partial charge < -0.3 is 9.52 Å². The molecule has 1 unspecified atom stereocenters. The number of carbonyl (C=O) groups excluding carboxylic acids is 1. The second kappa shape index (κ2) is 9.33. The van der Waals surface area contributed by atoms with E-state index in [4.69, 9.17) is 16.0 Å². The molecule has 37 heavy (non-hydrogen) atoms. The van der Waals surface area contributed by atoms with Crippen molar-refractivity contribution in [2.75, 3.05) is 4.90 Å². The van der Waals surface area contributed by atoms with Crippen LogP contribution in [0.25, 0.3) is 11.0 Å². The number of rotatable bonds is 5. The lowest BCUT2D eigenvalue weighted by Crippen LogP contribution is -2.29. The number of phenolic OH excluding ortho intramolecular Hbond substituents is 1. The molecule has 0 saturated carbocycles. The van der Waals surface area contributed by atoms with Gasteiger partial charge in [0.25, 0.3) is 5.91 Å². The van der Waals surface area contributed by atoms with Crippen LogP contribution < -0.4 is 10.3 Å². The fraction of sp³-hybridized carbons (Fsp3) is 0.111. The van der Waals surface area contributed by atoms with Crippen LogP contribution in [-0.2, 0) is 5.75 Å². The molecule has 10 heteroatoms. The van der Waals surface area contributed by atoms with E-state index in [-0.39, 0.29) is 22.5 Å². The van der Waals surface area contributed by atoms with Crippen molar-refractivity contribution in [1.82, 2.24) is 10.2 Å². The highest BCUT2D eigenvalue weighted by molar-refractivity contribution is 8.00. The number of anilines is 1. The van der Waals surface area contributed by atoms with Crippen molar-refractivity contribution in [3.63, 3.8) is 0 Å². The molecule has 184 valence electrons. The topological polar surface area (TPSA) is 96.5 Å². The number of carbonyl (C=O) groups is 1. The smallest absolute Gasteiger partial charge is 0.297 e. The normalized spacial score (nSPS) is 14.9. The Morgan fingerprint density at radius 1 is 1.08 bits per heavy atom. The molecule has 1 N–H and O–H groups in total. The Morgan fingerprint density at radius 3 is 2.73 bits per heavy atom. The standard InChI is InChI=1S/C27H18ClN3O4S2/c1-14-9-10-20-18(11-14)23(33)21-22(15-6-4-7-17(32)12-15)31(25(34)24(21)35-20)26-29-30-27(37-26)36-13-16-5-2-3-8-19(16)28/h2-12,22,32H,13H2,1H3. The Hall–Kier alpha value is -3.66. The van der Waals surface area contributed by atoms with Crippen molar-refractivity contribution in [3.05, 3.63) is 110 Å². The summed E-state index contributed by atoms with van der Waals surface area (Å²) in [6, 6.07) is 18.5. The number of hydrogen-bond acceptors (Lipinski definition) is 8. The first-order chi connectivity index (χ1) is 17.9. The summed E-state index contributed by atoms with van der Waals surface area (Å²) >= 11 is 8.98. The number of amides is 1.